The van der Waals surface area contributed by atoms with Gasteiger partial charge < -0.3 is 10.1 Å². The van der Waals surface area contributed by atoms with Crippen LogP contribution in [-0.4, -0.2) is 37.4 Å². The average Bonchev–Trinajstić information content (AvgIpc) is 2.58. The van der Waals surface area contributed by atoms with Crippen LogP contribution in [0.4, 0.5) is 13.2 Å². The SMILES string of the molecule is Cl.Cl.FC(F)(F)Oc1ccc([C@H](C2CCCCC2)N2CCNCC2)cc1Cl. The summed E-state index contributed by atoms with van der Waals surface area (Å²) in [7, 11) is 0. The van der Waals surface area contributed by atoms with E-state index >= 15 is 0 Å². The highest BCUT2D eigenvalue weighted by Gasteiger charge is 2.34. The molecule has 1 heterocycles. The molecule has 3 rings (SSSR count). The lowest BCUT2D eigenvalue weighted by Crippen LogP contribution is -2.47. The van der Waals surface area contributed by atoms with Gasteiger partial charge in [0.25, 0.3) is 0 Å². The van der Waals surface area contributed by atoms with E-state index in [9.17, 15) is 13.2 Å². The zero-order chi connectivity index (χ0) is 17.9. The molecule has 0 spiro atoms. The van der Waals surface area contributed by atoms with Crippen LogP contribution in [0, 0.1) is 5.92 Å². The van der Waals surface area contributed by atoms with E-state index in [2.05, 4.69) is 15.0 Å². The molecule has 0 amide bonds. The van der Waals surface area contributed by atoms with Gasteiger partial charge in [-0.3, -0.25) is 4.90 Å². The molecule has 1 atom stereocenters. The monoisotopic (exact) mass is 448 g/mol. The molecule has 2 fully saturated rings. The Kier molecular flexibility index (Phi) is 10.00. The van der Waals surface area contributed by atoms with E-state index in [1.54, 1.807) is 12.1 Å². The molecule has 1 N–H and O–H groups in total. The number of ether oxygens (including phenoxy) is 1. The van der Waals surface area contributed by atoms with Crippen molar-refractivity contribution in [3.8, 4) is 5.75 Å². The van der Waals surface area contributed by atoms with Gasteiger partial charge in [0.2, 0.25) is 0 Å². The summed E-state index contributed by atoms with van der Waals surface area (Å²) >= 11 is 6.10. The minimum absolute atomic E-state index is 0. The Balaban J connectivity index is 0.00000182. The summed E-state index contributed by atoms with van der Waals surface area (Å²) in [6.45, 7) is 3.76. The van der Waals surface area contributed by atoms with Gasteiger partial charge in [0.05, 0.1) is 5.02 Å². The van der Waals surface area contributed by atoms with E-state index in [1.807, 2.05) is 0 Å². The number of piperazine rings is 1. The Hall–Kier alpha value is -0.400. The molecule has 3 nitrogen and oxygen atoms in total. The Bertz CT molecular complexity index is 559. The fourth-order valence-corrected chi connectivity index (χ4v) is 4.33. The van der Waals surface area contributed by atoms with Crippen LogP contribution < -0.4 is 10.1 Å². The first-order chi connectivity index (χ1) is 11.9. The molecular weight excluding hydrogens is 424 g/mol. The predicted molar refractivity (Wildman–Crippen MR) is 106 cm³/mol. The van der Waals surface area contributed by atoms with Gasteiger partial charge in [-0.1, -0.05) is 36.9 Å². The van der Waals surface area contributed by atoms with Gasteiger partial charge in [0, 0.05) is 32.2 Å². The third-order valence-electron chi connectivity index (χ3n) is 5.16. The third kappa shape index (κ3) is 6.86. The molecule has 2 aliphatic rings. The number of alkyl halides is 3. The fraction of sp³-hybridized carbons (Fsp3) is 0.667. The molecule has 0 bridgehead atoms. The summed E-state index contributed by atoms with van der Waals surface area (Å²) in [6, 6.07) is 4.96. The van der Waals surface area contributed by atoms with Gasteiger partial charge in [-0.2, -0.15) is 0 Å². The van der Waals surface area contributed by atoms with Crippen LogP contribution in [-0.2, 0) is 0 Å². The highest BCUT2D eigenvalue weighted by atomic mass is 35.5. The van der Waals surface area contributed by atoms with Gasteiger partial charge >= 0.3 is 6.36 Å². The molecule has 1 aromatic rings. The van der Waals surface area contributed by atoms with Crippen LogP contribution >= 0.6 is 36.4 Å². The molecule has 156 valence electrons. The highest BCUT2D eigenvalue weighted by Crippen LogP contribution is 2.41. The summed E-state index contributed by atoms with van der Waals surface area (Å²) in [5.41, 5.74) is 0.994. The number of halogens is 6. The molecule has 9 heteroatoms. The Morgan fingerprint density at radius 2 is 1.70 bits per heavy atom. The van der Waals surface area contributed by atoms with Crippen molar-refractivity contribution in [2.24, 2.45) is 5.92 Å². The van der Waals surface area contributed by atoms with E-state index in [0.717, 1.165) is 44.6 Å². The molecule has 0 radical (unpaired) electrons. The summed E-state index contributed by atoms with van der Waals surface area (Å²) in [5, 5.41) is 3.38. The van der Waals surface area contributed by atoms with E-state index in [0.29, 0.717) is 5.92 Å². The van der Waals surface area contributed by atoms with Crippen molar-refractivity contribution in [2.45, 2.75) is 44.5 Å². The molecule has 0 unspecified atom stereocenters. The second-order valence-electron chi connectivity index (χ2n) is 6.87. The second-order valence-corrected chi connectivity index (χ2v) is 7.27. The minimum atomic E-state index is -4.73. The van der Waals surface area contributed by atoms with Gasteiger partial charge in [-0.25, -0.2) is 0 Å². The van der Waals surface area contributed by atoms with Gasteiger partial charge in [-0.15, -0.1) is 38.0 Å². The van der Waals surface area contributed by atoms with Crippen molar-refractivity contribution < 1.29 is 17.9 Å². The number of nitrogens with one attached hydrogen (secondary N) is 1. The first-order valence-corrected chi connectivity index (χ1v) is 9.32. The molecule has 1 saturated heterocycles. The second kappa shape index (κ2) is 11.0. The zero-order valence-corrected chi connectivity index (χ0v) is 17.3. The van der Waals surface area contributed by atoms with E-state index in [-0.39, 0.29) is 41.6 Å². The Morgan fingerprint density at radius 3 is 2.26 bits per heavy atom. The summed E-state index contributed by atoms with van der Waals surface area (Å²) in [6.07, 6.45) is 1.29. The minimum Gasteiger partial charge on any atom is -0.404 e. The standard InChI is InChI=1S/C18H24ClF3N2O.2ClH/c19-15-12-14(6-7-16(15)25-18(20,21)22)17(13-4-2-1-3-5-13)24-10-8-23-9-11-24;;/h6-7,12-13,17,23H,1-5,8-11H2;2*1H/t17-;;/m0../s1. The third-order valence-corrected chi connectivity index (χ3v) is 5.46. The smallest absolute Gasteiger partial charge is 0.404 e. The Morgan fingerprint density at radius 1 is 1.07 bits per heavy atom. The fourth-order valence-electron chi connectivity index (χ4n) is 4.10. The maximum Gasteiger partial charge on any atom is 0.573 e. The molecular formula is C18H26Cl3F3N2O. The van der Waals surface area contributed by atoms with Gasteiger partial charge in [-0.05, 0) is 36.5 Å². The van der Waals surface area contributed by atoms with Crippen LogP contribution in [0.1, 0.15) is 43.7 Å². The van der Waals surface area contributed by atoms with Crippen molar-refractivity contribution >= 4 is 36.4 Å². The number of hydrogen-bond acceptors (Lipinski definition) is 3. The maximum atomic E-state index is 12.5. The number of benzene rings is 1. The lowest BCUT2D eigenvalue weighted by molar-refractivity contribution is -0.274. The molecule has 1 aliphatic carbocycles. The maximum absolute atomic E-state index is 12.5. The van der Waals surface area contributed by atoms with Crippen LogP contribution in [0.2, 0.25) is 5.02 Å². The Labute approximate surface area is 175 Å². The van der Waals surface area contributed by atoms with Crippen LogP contribution in [0.15, 0.2) is 18.2 Å². The summed E-state index contributed by atoms with van der Waals surface area (Å²) in [4.78, 5) is 2.45. The van der Waals surface area contributed by atoms with Crippen molar-refractivity contribution in [3.05, 3.63) is 28.8 Å². The average molecular weight is 450 g/mol. The van der Waals surface area contributed by atoms with Crippen LogP contribution in [0.5, 0.6) is 5.75 Å². The van der Waals surface area contributed by atoms with Crippen molar-refractivity contribution in [1.29, 1.82) is 0 Å². The largest absolute Gasteiger partial charge is 0.573 e. The van der Waals surface area contributed by atoms with Crippen molar-refractivity contribution in [1.82, 2.24) is 10.2 Å². The number of hydrogen-bond donors (Lipinski definition) is 1. The zero-order valence-electron chi connectivity index (χ0n) is 14.9. The lowest BCUT2D eigenvalue weighted by atomic mass is 9.80. The highest BCUT2D eigenvalue weighted by molar-refractivity contribution is 6.32. The lowest BCUT2D eigenvalue weighted by Gasteiger charge is -2.41. The van der Waals surface area contributed by atoms with Gasteiger partial charge in [0.15, 0.2) is 0 Å². The molecule has 0 aromatic heterocycles. The van der Waals surface area contributed by atoms with Crippen LogP contribution in [0.25, 0.3) is 0 Å². The van der Waals surface area contributed by atoms with Crippen molar-refractivity contribution in [2.75, 3.05) is 26.2 Å². The van der Waals surface area contributed by atoms with Gasteiger partial charge in [0.1, 0.15) is 5.75 Å². The topological polar surface area (TPSA) is 24.5 Å². The molecule has 1 saturated carbocycles. The summed E-state index contributed by atoms with van der Waals surface area (Å²) in [5.74, 6) is 0.193. The van der Waals surface area contributed by atoms with E-state index in [1.165, 1.54) is 25.3 Å². The number of rotatable bonds is 4. The van der Waals surface area contributed by atoms with E-state index in [4.69, 9.17) is 11.6 Å². The summed E-state index contributed by atoms with van der Waals surface area (Å²) < 4.78 is 41.4. The predicted octanol–water partition coefficient (Wildman–Crippen LogP) is 5.61. The first-order valence-electron chi connectivity index (χ1n) is 8.94. The number of nitrogens with zero attached hydrogens (tertiary/aromatic N) is 1. The van der Waals surface area contributed by atoms with E-state index < -0.39 is 6.36 Å². The quantitative estimate of drug-likeness (QED) is 0.647. The van der Waals surface area contributed by atoms with Crippen LogP contribution in [0.3, 0.4) is 0 Å². The molecule has 27 heavy (non-hydrogen) atoms. The molecule has 1 aliphatic heterocycles. The molecule has 1 aromatic carbocycles. The first kappa shape index (κ1) is 24.6. The van der Waals surface area contributed by atoms with Crippen molar-refractivity contribution in [3.63, 3.8) is 0 Å². The normalized spacial score (nSPS) is 20.3.